The summed E-state index contributed by atoms with van der Waals surface area (Å²) in [5.41, 5.74) is -1.21. The van der Waals surface area contributed by atoms with Crippen molar-refractivity contribution in [2.24, 2.45) is 0 Å². The molecule has 0 radical (unpaired) electrons. The van der Waals surface area contributed by atoms with Gasteiger partial charge in [0, 0.05) is 12.6 Å². The monoisotopic (exact) mass is 272 g/mol. The molecule has 0 spiro atoms. The van der Waals surface area contributed by atoms with Gasteiger partial charge in [0.05, 0.1) is 11.1 Å². The number of nitrogens with one attached hydrogen (secondary N) is 2. The quantitative estimate of drug-likeness (QED) is 0.866. The van der Waals surface area contributed by atoms with Gasteiger partial charge >= 0.3 is 6.18 Å². The van der Waals surface area contributed by atoms with E-state index in [0.717, 1.165) is 25.5 Å². The van der Waals surface area contributed by atoms with Gasteiger partial charge in [-0.3, -0.25) is 4.79 Å². The summed E-state index contributed by atoms with van der Waals surface area (Å²) in [6, 6.07) is 4.73. The number of alkyl halides is 3. The summed E-state index contributed by atoms with van der Waals surface area (Å²) in [6.07, 6.45) is -2.82. The molecular weight excluding hydrogens is 257 g/mol. The number of hydrogen-bond donors (Lipinski definition) is 2. The lowest BCUT2D eigenvalue weighted by atomic mass is 10.0. The molecule has 1 aromatic rings. The van der Waals surface area contributed by atoms with Crippen LogP contribution in [-0.2, 0) is 6.18 Å². The SMILES string of the molecule is O=C(N[C@H]1CCCNC1)c1ccccc1C(F)(F)F. The molecule has 1 aliphatic rings. The van der Waals surface area contributed by atoms with E-state index in [4.69, 9.17) is 0 Å². The van der Waals surface area contributed by atoms with Crippen LogP contribution in [0.25, 0.3) is 0 Å². The number of hydrogen-bond acceptors (Lipinski definition) is 2. The highest BCUT2D eigenvalue weighted by atomic mass is 19.4. The minimum absolute atomic E-state index is 0.109. The molecule has 19 heavy (non-hydrogen) atoms. The Kier molecular flexibility index (Phi) is 4.09. The van der Waals surface area contributed by atoms with E-state index in [-0.39, 0.29) is 11.6 Å². The zero-order chi connectivity index (χ0) is 13.9. The predicted octanol–water partition coefficient (Wildman–Crippen LogP) is 2.19. The van der Waals surface area contributed by atoms with E-state index in [1.54, 1.807) is 0 Å². The first kappa shape index (κ1) is 13.9. The van der Waals surface area contributed by atoms with Gasteiger partial charge in [-0.2, -0.15) is 13.2 Å². The van der Waals surface area contributed by atoms with E-state index in [2.05, 4.69) is 10.6 Å². The van der Waals surface area contributed by atoms with E-state index in [1.807, 2.05) is 0 Å². The average molecular weight is 272 g/mol. The van der Waals surface area contributed by atoms with Crippen LogP contribution in [0.3, 0.4) is 0 Å². The van der Waals surface area contributed by atoms with E-state index < -0.39 is 17.6 Å². The van der Waals surface area contributed by atoms with Crippen molar-refractivity contribution in [3.8, 4) is 0 Å². The molecule has 0 aromatic heterocycles. The molecular formula is C13H15F3N2O. The first-order valence-corrected chi connectivity index (χ1v) is 6.16. The maximum atomic E-state index is 12.8. The van der Waals surface area contributed by atoms with Gasteiger partial charge in [-0.15, -0.1) is 0 Å². The van der Waals surface area contributed by atoms with E-state index in [9.17, 15) is 18.0 Å². The Labute approximate surface area is 109 Å². The smallest absolute Gasteiger partial charge is 0.348 e. The predicted molar refractivity (Wildman–Crippen MR) is 64.8 cm³/mol. The van der Waals surface area contributed by atoms with Gasteiger partial charge < -0.3 is 10.6 Å². The van der Waals surface area contributed by atoms with Gasteiger partial charge in [-0.25, -0.2) is 0 Å². The second-order valence-corrected chi connectivity index (χ2v) is 4.56. The third-order valence-electron chi connectivity index (χ3n) is 3.11. The van der Waals surface area contributed by atoms with Crippen LogP contribution in [0.4, 0.5) is 13.2 Å². The van der Waals surface area contributed by atoms with E-state index >= 15 is 0 Å². The normalized spacial score (nSPS) is 20.1. The van der Waals surface area contributed by atoms with Gasteiger partial charge in [-0.1, -0.05) is 12.1 Å². The van der Waals surface area contributed by atoms with Crippen molar-refractivity contribution >= 4 is 5.91 Å². The fourth-order valence-electron chi connectivity index (χ4n) is 2.17. The Bertz CT molecular complexity index is 453. The third kappa shape index (κ3) is 3.47. The lowest BCUT2D eigenvalue weighted by molar-refractivity contribution is -0.137. The Hall–Kier alpha value is -1.56. The second kappa shape index (κ2) is 5.61. The van der Waals surface area contributed by atoms with Crippen LogP contribution < -0.4 is 10.6 Å². The van der Waals surface area contributed by atoms with Crippen LogP contribution in [0.15, 0.2) is 24.3 Å². The van der Waals surface area contributed by atoms with Crippen molar-refractivity contribution in [2.45, 2.75) is 25.1 Å². The number of amides is 1. The molecule has 1 saturated heterocycles. The first-order valence-electron chi connectivity index (χ1n) is 6.16. The lowest BCUT2D eigenvalue weighted by Gasteiger charge is -2.24. The van der Waals surface area contributed by atoms with Crippen LogP contribution >= 0.6 is 0 Å². The molecule has 0 saturated carbocycles. The molecule has 0 unspecified atom stereocenters. The summed E-state index contributed by atoms with van der Waals surface area (Å²) in [4.78, 5) is 11.9. The number of rotatable bonds is 2. The number of carbonyl (C=O) groups is 1. The summed E-state index contributed by atoms with van der Waals surface area (Å²) >= 11 is 0. The van der Waals surface area contributed by atoms with Crippen molar-refractivity contribution < 1.29 is 18.0 Å². The molecule has 3 nitrogen and oxygen atoms in total. The molecule has 1 heterocycles. The lowest BCUT2D eigenvalue weighted by Crippen LogP contribution is -2.45. The van der Waals surface area contributed by atoms with Crippen molar-refractivity contribution in [3.05, 3.63) is 35.4 Å². The third-order valence-corrected chi connectivity index (χ3v) is 3.11. The Morgan fingerprint density at radius 2 is 2.05 bits per heavy atom. The summed E-state index contributed by atoms with van der Waals surface area (Å²) < 4.78 is 38.4. The molecule has 1 fully saturated rings. The fourth-order valence-corrected chi connectivity index (χ4v) is 2.17. The molecule has 0 bridgehead atoms. The fraction of sp³-hybridized carbons (Fsp3) is 0.462. The summed E-state index contributed by atoms with van der Waals surface area (Å²) in [5, 5.41) is 5.75. The standard InChI is InChI=1S/C13H15F3N2O/c14-13(15,16)11-6-2-1-5-10(11)12(19)18-9-4-3-7-17-8-9/h1-2,5-6,9,17H,3-4,7-8H2,(H,18,19)/t9-/m0/s1. The molecule has 6 heteroatoms. The summed E-state index contributed by atoms with van der Waals surface area (Å²) in [6.45, 7) is 1.48. The summed E-state index contributed by atoms with van der Waals surface area (Å²) in [5.74, 6) is -0.665. The van der Waals surface area contributed by atoms with Crippen molar-refractivity contribution in [1.82, 2.24) is 10.6 Å². The molecule has 2 N–H and O–H groups in total. The zero-order valence-corrected chi connectivity index (χ0v) is 10.3. The van der Waals surface area contributed by atoms with E-state index in [1.165, 1.54) is 18.2 Å². The number of piperidine rings is 1. The van der Waals surface area contributed by atoms with Crippen molar-refractivity contribution in [1.29, 1.82) is 0 Å². The molecule has 104 valence electrons. The van der Waals surface area contributed by atoms with Gasteiger partial charge in [-0.05, 0) is 31.5 Å². The molecule has 1 aliphatic heterocycles. The Morgan fingerprint density at radius 1 is 1.32 bits per heavy atom. The largest absolute Gasteiger partial charge is 0.417 e. The van der Waals surface area contributed by atoms with Crippen LogP contribution in [0, 0.1) is 0 Å². The van der Waals surface area contributed by atoms with Gasteiger partial charge in [0.2, 0.25) is 0 Å². The number of benzene rings is 1. The van der Waals surface area contributed by atoms with E-state index in [0.29, 0.717) is 6.54 Å². The minimum atomic E-state index is -4.52. The maximum Gasteiger partial charge on any atom is 0.417 e. The second-order valence-electron chi connectivity index (χ2n) is 4.56. The number of carbonyl (C=O) groups excluding carboxylic acids is 1. The van der Waals surface area contributed by atoms with Crippen molar-refractivity contribution in [3.63, 3.8) is 0 Å². The molecule has 1 amide bonds. The highest BCUT2D eigenvalue weighted by Crippen LogP contribution is 2.31. The number of halogens is 3. The Morgan fingerprint density at radius 3 is 2.68 bits per heavy atom. The van der Waals surface area contributed by atoms with Gasteiger partial charge in [0.25, 0.3) is 5.91 Å². The Balaban J connectivity index is 2.14. The minimum Gasteiger partial charge on any atom is -0.348 e. The molecule has 0 aliphatic carbocycles. The van der Waals surface area contributed by atoms with Crippen LogP contribution in [-0.4, -0.2) is 25.0 Å². The average Bonchev–Trinajstić information content (AvgIpc) is 2.39. The topological polar surface area (TPSA) is 41.1 Å². The zero-order valence-electron chi connectivity index (χ0n) is 10.3. The maximum absolute atomic E-state index is 12.8. The van der Waals surface area contributed by atoms with Crippen LogP contribution in [0.1, 0.15) is 28.8 Å². The first-order chi connectivity index (χ1) is 8.98. The highest BCUT2D eigenvalue weighted by molar-refractivity contribution is 5.96. The van der Waals surface area contributed by atoms with Crippen LogP contribution in [0.5, 0.6) is 0 Å². The highest BCUT2D eigenvalue weighted by Gasteiger charge is 2.35. The molecule has 1 atom stereocenters. The van der Waals surface area contributed by atoms with Crippen molar-refractivity contribution in [2.75, 3.05) is 13.1 Å². The van der Waals surface area contributed by atoms with Gasteiger partial charge in [0.15, 0.2) is 0 Å². The van der Waals surface area contributed by atoms with Gasteiger partial charge in [0.1, 0.15) is 0 Å². The summed E-state index contributed by atoms with van der Waals surface area (Å²) in [7, 11) is 0. The molecule has 2 rings (SSSR count). The van der Waals surface area contributed by atoms with Crippen LogP contribution in [0.2, 0.25) is 0 Å². The molecule has 1 aromatic carbocycles.